The van der Waals surface area contributed by atoms with Crippen molar-refractivity contribution in [3.8, 4) is 0 Å². The Balaban J connectivity index is 0.00000308. The summed E-state index contributed by atoms with van der Waals surface area (Å²) in [5, 5.41) is 6.20. The van der Waals surface area contributed by atoms with Gasteiger partial charge in [0.25, 0.3) is 0 Å². The van der Waals surface area contributed by atoms with Crippen LogP contribution in [0.4, 0.5) is 0 Å². The molecule has 0 amide bonds. The van der Waals surface area contributed by atoms with Gasteiger partial charge in [-0.2, -0.15) is 0 Å². The number of hydrogen-bond acceptors (Lipinski definition) is 0. The monoisotopic (exact) mass is 702 g/mol. The summed E-state index contributed by atoms with van der Waals surface area (Å²) in [6, 6.07) is 22.8. The molecule has 6 heteroatoms. The van der Waals surface area contributed by atoms with Crippen LogP contribution in [0.1, 0.15) is 69.4 Å². The molecule has 0 aromatic heterocycles. The Morgan fingerprint density at radius 1 is 0.558 bits per heavy atom. The second-order valence-electron chi connectivity index (χ2n) is 13.6. The van der Waals surface area contributed by atoms with E-state index in [0.717, 1.165) is 12.8 Å². The van der Waals surface area contributed by atoms with Crippen molar-refractivity contribution in [3.05, 3.63) is 103 Å². The van der Waals surface area contributed by atoms with E-state index in [1.165, 1.54) is 39.0 Å². The first-order valence-corrected chi connectivity index (χ1v) is 21.3. The molecule has 0 spiro atoms. The number of rotatable bonds is 7. The van der Waals surface area contributed by atoms with Gasteiger partial charge in [-0.05, 0) is 0 Å². The van der Waals surface area contributed by atoms with Crippen LogP contribution >= 0.6 is 0 Å². The van der Waals surface area contributed by atoms with Crippen molar-refractivity contribution in [2.24, 2.45) is 0 Å². The maximum absolute atomic E-state index is 2.72. The molecular weight excluding hydrogens is 655 g/mol. The molecule has 0 saturated carbocycles. The minimum Gasteiger partial charge on any atom is -1.00 e. The van der Waals surface area contributed by atoms with E-state index >= 15 is 0 Å². The quantitative estimate of drug-likeness (QED) is 0.212. The van der Waals surface area contributed by atoms with Gasteiger partial charge in [-0.25, -0.2) is 0 Å². The zero-order valence-corrected chi connectivity index (χ0v) is 34.1. The molecule has 0 fully saturated rings. The molecule has 0 nitrogen and oxygen atoms in total. The first-order chi connectivity index (χ1) is 18.6. The van der Waals surface area contributed by atoms with Crippen LogP contribution in [0.15, 0.2) is 75.2 Å². The molecule has 0 heterocycles. The molecule has 0 aliphatic heterocycles. The van der Waals surface area contributed by atoms with Crippen molar-refractivity contribution in [2.45, 2.75) is 99.8 Å². The largest absolute Gasteiger partial charge is 1.00 e. The number of allylic oxidation sites excluding steroid dienone is 4. The van der Waals surface area contributed by atoms with Crippen molar-refractivity contribution >= 4 is 36.9 Å². The van der Waals surface area contributed by atoms with Crippen LogP contribution in [0.3, 0.4) is 0 Å². The number of aryl methyl sites for hydroxylation is 5. The van der Waals surface area contributed by atoms with Crippen molar-refractivity contribution in [1.82, 2.24) is 0 Å². The van der Waals surface area contributed by atoms with Crippen LogP contribution in [-0.2, 0) is 33.3 Å². The predicted octanol–water partition coefficient (Wildman–Crippen LogP) is -1.30. The fourth-order valence-electron chi connectivity index (χ4n) is 7.25. The van der Waals surface area contributed by atoms with Gasteiger partial charge in [-0.1, -0.05) is 0 Å². The molecule has 0 bridgehead atoms. The maximum Gasteiger partial charge on any atom is -1.00 e. The number of benzene rings is 3. The molecule has 0 N–H and O–H groups in total. The van der Waals surface area contributed by atoms with Crippen LogP contribution < -0.4 is 58.0 Å². The minimum atomic E-state index is -2.72. The van der Waals surface area contributed by atoms with Gasteiger partial charge in [0.1, 0.15) is 0 Å². The van der Waals surface area contributed by atoms with Gasteiger partial charge in [0.15, 0.2) is 0 Å². The van der Waals surface area contributed by atoms with Crippen molar-refractivity contribution in [2.75, 3.05) is 0 Å². The van der Waals surface area contributed by atoms with E-state index in [4.69, 9.17) is 0 Å². The van der Waals surface area contributed by atoms with Crippen molar-refractivity contribution in [3.63, 3.8) is 0 Å². The third-order valence-corrected chi connectivity index (χ3v) is 19.2. The van der Waals surface area contributed by atoms with Gasteiger partial charge < -0.3 is 37.2 Å². The first kappa shape index (κ1) is 40.2. The molecule has 2 unspecified atom stereocenters. The summed E-state index contributed by atoms with van der Waals surface area (Å²) in [7, 11) is -4.28. The molecule has 0 saturated heterocycles. The fourth-order valence-corrected chi connectivity index (χ4v) is 16.7. The van der Waals surface area contributed by atoms with Gasteiger partial charge in [-0.15, -0.1) is 0 Å². The van der Waals surface area contributed by atoms with Gasteiger partial charge in [0, 0.05) is 0 Å². The minimum absolute atomic E-state index is 0. The van der Waals surface area contributed by atoms with Gasteiger partial charge >= 0.3 is 260 Å². The molecule has 3 aromatic carbocycles. The van der Waals surface area contributed by atoms with E-state index in [2.05, 4.69) is 157 Å². The maximum atomic E-state index is 2.67. The Morgan fingerprint density at radius 3 is 1.35 bits per heavy atom. The summed E-state index contributed by atoms with van der Waals surface area (Å²) >= 11 is 2.44. The van der Waals surface area contributed by atoms with Crippen molar-refractivity contribution < 1.29 is 57.7 Å². The standard InChI is InChI=1S/C37H49Si2.3ClH.Ti/c1-13-31-20-32(14-2)22-36(21-31)39(34-17-25(3)15-26(4)18-34,37(9)24-28(6)29(7)30(37)8)35-19-27(5)16-33(23-35)38(10,11)12;;;;/h15-23H,13-14H2,1-12H3;3*1H;/q;;;;+3/p-3. The fraction of sp³-hybridized carbons (Fsp3) is 0.405. The van der Waals surface area contributed by atoms with Crippen LogP contribution in [0, 0.1) is 20.8 Å². The Morgan fingerprint density at radius 2 is 0.953 bits per heavy atom. The summed E-state index contributed by atoms with van der Waals surface area (Å²) in [5.41, 5.74) is 11.6. The Kier molecular flexibility index (Phi) is 13.8. The average molecular weight is 704 g/mol. The van der Waals surface area contributed by atoms with E-state index in [-0.39, 0.29) is 42.3 Å². The molecule has 3 aromatic rings. The molecule has 1 aliphatic rings. The first-order valence-electron chi connectivity index (χ1n) is 15.1. The van der Waals surface area contributed by atoms with E-state index in [0.29, 0.717) is 0 Å². The second-order valence-corrected chi connectivity index (χ2v) is 23.7. The van der Waals surface area contributed by atoms with Gasteiger partial charge in [0.05, 0.1) is 0 Å². The molecule has 4 rings (SSSR count). The average Bonchev–Trinajstić information content (AvgIpc) is 3.03. The predicted molar refractivity (Wildman–Crippen MR) is 179 cm³/mol. The van der Waals surface area contributed by atoms with E-state index < -0.39 is 16.1 Å². The second kappa shape index (κ2) is 14.7. The normalized spacial score (nSPS) is 18.1. The number of halogens is 3. The van der Waals surface area contributed by atoms with Gasteiger partial charge in [-0.3, -0.25) is 0 Å². The summed E-state index contributed by atoms with van der Waals surface area (Å²) in [5.74, 6) is 0. The summed E-state index contributed by atoms with van der Waals surface area (Å²) in [6.45, 7) is 28.8. The molecule has 0 radical (unpaired) electrons. The zero-order chi connectivity index (χ0) is 29.8. The molecular formula is C37H49Cl3Si2Ti. The Labute approximate surface area is 295 Å². The van der Waals surface area contributed by atoms with E-state index in [9.17, 15) is 0 Å². The van der Waals surface area contributed by atoms with E-state index in [1.54, 1.807) is 30.2 Å². The molecule has 43 heavy (non-hydrogen) atoms. The molecule has 2 atom stereocenters. The van der Waals surface area contributed by atoms with Gasteiger partial charge in [0.2, 0.25) is 0 Å². The topological polar surface area (TPSA) is 0 Å². The smallest absolute Gasteiger partial charge is 1.00 e. The van der Waals surface area contributed by atoms with Crippen LogP contribution in [0.5, 0.6) is 0 Å². The van der Waals surface area contributed by atoms with E-state index in [1.807, 2.05) is 0 Å². The third kappa shape index (κ3) is 6.83. The zero-order valence-electron chi connectivity index (χ0n) is 28.2. The molecule has 230 valence electrons. The van der Waals surface area contributed by atoms with Crippen LogP contribution in [-0.4, -0.2) is 16.1 Å². The SMILES string of the molecule is CCc1cc(CC)cc([Si](c2cc(C)cc(C)c2)(c2cc(C)cc([Si](C)(C)C)c2)C2(C)C(C)=C(C)C(C)=[C]2[Ti+3])c1.[Cl-].[Cl-].[Cl-]. The number of hydrogen-bond donors (Lipinski definition) is 0. The molecule has 1 aliphatic carbocycles. The van der Waals surface area contributed by atoms with Crippen molar-refractivity contribution in [1.29, 1.82) is 0 Å². The third-order valence-electron chi connectivity index (χ3n) is 9.83. The summed E-state index contributed by atoms with van der Waals surface area (Å²) in [6.07, 6.45) is 2.12. The Hall–Kier alpha value is -0.842. The van der Waals surface area contributed by atoms with Crippen LogP contribution in [0.25, 0.3) is 0 Å². The van der Waals surface area contributed by atoms with Crippen LogP contribution in [0.2, 0.25) is 24.7 Å². The summed E-state index contributed by atoms with van der Waals surface area (Å²) in [4.78, 5) is 0. The Bertz CT molecular complexity index is 1480. The summed E-state index contributed by atoms with van der Waals surface area (Å²) < 4.78 is 1.56.